The number of esters is 1. The van der Waals surface area contributed by atoms with Crippen LogP contribution in [0.15, 0.2) is 60.9 Å². The summed E-state index contributed by atoms with van der Waals surface area (Å²) in [7, 11) is 1.85. The zero-order valence-corrected chi connectivity index (χ0v) is 18.5. The second kappa shape index (κ2) is 8.51. The van der Waals surface area contributed by atoms with Gasteiger partial charge in [-0.25, -0.2) is 9.48 Å². The lowest BCUT2D eigenvalue weighted by atomic mass is 10.0. The molecule has 2 aromatic heterocycles. The molecule has 168 valence electrons. The van der Waals surface area contributed by atoms with Crippen molar-refractivity contribution in [2.24, 2.45) is 12.9 Å². The van der Waals surface area contributed by atoms with Crippen LogP contribution in [0.1, 0.15) is 46.9 Å². The molecule has 2 heterocycles. The highest BCUT2D eigenvalue weighted by molar-refractivity contribution is 5.91. The molecule has 0 bridgehead atoms. The van der Waals surface area contributed by atoms with E-state index in [2.05, 4.69) is 26.9 Å². The summed E-state index contributed by atoms with van der Waals surface area (Å²) >= 11 is 0. The molecule has 0 aliphatic heterocycles. The van der Waals surface area contributed by atoms with Crippen molar-refractivity contribution in [3.05, 3.63) is 77.9 Å². The van der Waals surface area contributed by atoms with Crippen LogP contribution in [0.5, 0.6) is 0 Å². The van der Waals surface area contributed by atoms with Crippen molar-refractivity contribution in [2.45, 2.75) is 25.2 Å². The van der Waals surface area contributed by atoms with Gasteiger partial charge < -0.3 is 10.2 Å². The Morgan fingerprint density at radius 2 is 1.97 bits per heavy atom. The Kier molecular flexibility index (Phi) is 5.39. The third-order valence-electron chi connectivity index (χ3n) is 5.90. The molecule has 5 rings (SSSR count). The van der Waals surface area contributed by atoms with Crippen molar-refractivity contribution < 1.29 is 9.53 Å². The van der Waals surface area contributed by atoms with Crippen LogP contribution in [0.4, 0.5) is 5.69 Å². The molecule has 4 aromatic rings. The normalized spacial score (nSPS) is 17.1. The summed E-state index contributed by atoms with van der Waals surface area (Å²) in [5.74, 6) is 5.52. The first-order valence-corrected chi connectivity index (χ1v) is 10.9. The van der Waals surface area contributed by atoms with Crippen LogP contribution in [0.3, 0.4) is 0 Å². The van der Waals surface area contributed by atoms with Gasteiger partial charge in [-0.1, -0.05) is 29.5 Å². The number of nitrogens with zero attached hydrogens (tertiary/aromatic N) is 5. The number of aryl methyl sites for hydroxylation is 1. The van der Waals surface area contributed by atoms with Gasteiger partial charge in [-0.05, 0) is 48.7 Å². The standard InChI is InChI=1S/C24H25N7O2/c1-3-33-24(32)21-13-26-31(23(21)20-12-19(20)22-14-30(2)29-28-22)18-9-5-7-16(11-18)15-6-4-8-17(10-15)27-25/h4-11,13-14,19-20,27H,3,12,25H2,1-2H3/t19?,20-/m1/s1. The average Bonchev–Trinajstić information content (AvgIpc) is 3.29. The summed E-state index contributed by atoms with van der Waals surface area (Å²) in [5.41, 5.74) is 8.68. The maximum absolute atomic E-state index is 12.7. The number of rotatable bonds is 7. The van der Waals surface area contributed by atoms with Gasteiger partial charge in [0.05, 0.1) is 29.9 Å². The number of hydrogen-bond donors (Lipinski definition) is 2. The fourth-order valence-electron chi connectivity index (χ4n) is 4.25. The summed E-state index contributed by atoms with van der Waals surface area (Å²) in [6.07, 6.45) is 4.40. The molecule has 33 heavy (non-hydrogen) atoms. The summed E-state index contributed by atoms with van der Waals surface area (Å²) in [6, 6.07) is 15.9. The third-order valence-corrected chi connectivity index (χ3v) is 5.90. The number of carbonyl (C=O) groups excluding carboxylic acids is 1. The monoisotopic (exact) mass is 443 g/mol. The number of anilines is 1. The number of nitrogens with one attached hydrogen (secondary N) is 1. The molecule has 1 fully saturated rings. The molecule has 3 N–H and O–H groups in total. The second-order valence-electron chi connectivity index (χ2n) is 8.12. The highest BCUT2D eigenvalue weighted by atomic mass is 16.5. The van der Waals surface area contributed by atoms with E-state index in [0.717, 1.165) is 40.3 Å². The van der Waals surface area contributed by atoms with Crippen LogP contribution in [0.25, 0.3) is 16.8 Å². The average molecular weight is 444 g/mol. The molecule has 1 aliphatic carbocycles. The lowest BCUT2D eigenvalue weighted by molar-refractivity contribution is 0.0525. The van der Waals surface area contributed by atoms with E-state index in [4.69, 9.17) is 10.6 Å². The number of hydrogen-bond acceptors (Lipinski definition) is 7. The highest BCUT2D eigenvalue weighted by Crippen LogP contribution is 2.55. The van der Waals surface area contributed by atoms with Crippen LogP contribution in [0.2, 0.25) is 0 Å². The number of hydrazine groups is 1. The smallest absolute Gasteiger partial charge is 0.341 e. The van der Waals surface area contributed by atoms with Gasteiger partial charge in [0.15, 0.2) is 0 Å². The van der Waals surface area contributed by atoms with E-state index in [1.807, 2.05) is 60.4 Å². The van der Waals surface area contributed by atoms with E-state index in [0.29, 0.717) is 12.2 Å². The number of nitrogens with two attached hydrogens (primary N) is 1. The van der Waals surface area contributed by atoms with Crippen LogP contribution in [0, 0.1) is 0 Å². The maximum atomic E-state index is 12.7. The van der Waals surface area contributed by atoms with Gasteiger partial charge in [0.2, 0.25) is 0 Å². The molecule has 1 saturated carbocycles. The lowest BCUT2D eigenvalue weighted by Crippen LogP contribution is -2.09. The molecule has 0 radical (unpaired) electrons. The molecule has 9 nitrogen and oxygen atoms in total. The summed E-state index contributed by atoms with van der Waals surface area (Å²) < 4.78 is 8.86. The van der Waals surface area contributed by atoms with Crippen molar-refractivity contribution in [1.29, 1.82) is 0 Å². The quantitative estimate of drug-likeness (QED) is 0.256. The topological polar surface area (TPSA) is 113 Å². The molecule has 0 amide bonds. The number of nitrogen functional groups attached to an aromatic ring is 1. The second-order valence-corrected chi connectivity index (χ2v) is 8.12. The van der Waals surface area contributed by atoms with E-state index in [9.17, 15) is 4.79 Å². The van der Waals surface area contributed by atoms with E-state index in [1.54, 1.807) is 17.8 Å². The van der Waals surface area contributed by atoms with E-state index in [1.165, 1.54) is 0 Å². The summed E-state index contributed by atoms with van der Waals surface area (Å²) in [6.45, 7) is 2.11. The first-order valence-electron chi connectivity index (χ1n) is 10.9. The first kappa shape index (κ1) is 20.9. The molecular formula is C24H25N7O2. The van der Waals surface area contributed by atoms with Gasteiger partial charge in [0.25, 0.3) is 0 Å². The van der Waals surface area contributed by atoms with Crippen LogP contribution in [-0.2, 0) is 11.8 Å². The van der Waals surface area contributed by atoms with Gasteiger partial charge >= 0.3 is 5.97 Å². The SMILES string of the molecule is CCOC(=O)c1cnn(-c2cccc(-c3cccc(NN)c3)c2)c1[C@@H]1CC1c1cn(C)nn1. The number of benzene rings is 2. The minimum absolute atomic E-state index is 0.108. The van der Waals surface area contributed by atoms with Gasteiger partial charge in [-0.2, -0.15) is 5.10 Å². The number of aromatic nitrogens is 5. The van der Waals surface area contributed by atoms with E-state index in [-0.39, 0.29) is 17.8 Å². The molecular weight excluding hydrogens is 418 g/mol. The number of ether oxygens (including phenoxy) is 1. The Labute approximate surface area is 191 Å². The number of carbonyl (C=O) groups is 1. The van der Waals surface area contributed by atoms with Crippen LogP contribution in [-0.4, -0.2) is 37.4 Å². The maximum Gasteiger partial charge on any atom is 0.341 e. The Hall–Kier alpha value is -3.98. The predicted molar refractivity (Wildman–Crippen MR) is 124 cm³/mol. The van der Waals surface area contributed by atoms with Crippen molar-refractivity contribution in [3.63, 3.8) is 0 Å². The molecule has 0 saturated heterocycles. The Morgan fingerprint density at radius 1 is 1.18 bits per heavy atom. The van der Waals surface area contributed by atoms with Crippen molar-refractivity contribution in [1.82, 2.24) is 24.8 Å². The van der Waals surface area contributed by atoms with Crippen LogP contribution < -0.4 is 11.3 Å². The lowest BCUT2D eigenvalue weighted by Gasteiger charge is -2.12. The molecule has 1 unspecified atom stereocenters. The van der Waals surface area contributed by atoms with Crippen molar-refractivity contribution in [3.8, 4) is 16.8 Å². The Morgan fingerprint density at radius 3 is 2.70 bits per heavy atom. The van der Waals surface area contributed by atoms with Crippen molar-refractivity contribution >= 4 is 11.7 Å². The zero-order valence-electron chi connectivity index (χ0n) is 18.5. The van der Waals surface area contributed by atoms with Gasteiger partial charge in [-0.3, -0.25) is 10.5 Å². The summed E-state index contributed by atoms with van der Waals surface area (Å²) in [4.78, 5) is 12.7. The minimum Gasteiger partial charge on any atom is -0.462 e. The van der Waals surface area contributed by atoms with Gasteiger partial charge in [-0.15, -0.1) is 5.10 Å². The largest absolute Gasteiger partial charge is 0.462 e. The van der Waals surface area contributed by atoms with Gasteiger partial charge in [0, 0.05) is 30.8 Å². The fraction of sp³-hybridized carbons (Fsp3) is 0.250. The Balaban J connectivity index is 1.55. The molecule has 9 heteroatoms. The minimum atomic E-state index is -0.360. The van der Waals surface area contributed by atoms with Crippen LogP contribution >= 0.6 is 0 Å². The molecule has 0 spiro atoms. The Bertz CT molecular complexity index is 1310. The third kappa shape index (κ3) is 3.98. The van der Waals surface area contributed by atoms with E-state index < -0.39 is 0 Å². The van der Waals surface area contributed by atoms with E-state index >= 15 is 0 Å². The highest BCUT2D eigenvalue weighted by Gasteiger charge is 2.46. The fourth-order valence-corrected chi connectivity index (χ4v) is 4.25. The zero-order chi connectivity index (χ0) is 22.9. The molecule has 2 aromatic carbocycles. The molecule has 2 atom stereocenters. The predicted octanol–water partition coefficient (Wildman–Crippen LogP) is 3.40. The van der Waals surface area contributed by atoms with Gasteiger partial charge in [0.1, 0.15) is 5.56 Å². The van der Waals surface area contributed by atoms with Crippen molar-refractivity contribution in [2.75, 3.05) is 12.0 Å². The molecule has 1 aliphatic rings. The summed E-state index contributed by atoms with van der Waals surface area (Å²) in [5, 5.41) is 12.9. The first-order chi connectivity index (χ1) is 16.1.